The summed E-state index contributed by atoms with van der Waals surface area (Å²) in [4.78, 5) is 6.17. The summed E-state index contributed by atoms with van der Waals surface area (Å²) in [5, 5.41) is 9.46. The molecule has 28 heavy (non-hydrogen) atoms. The molecule has 1 atom stereocenters. The van der Waals surface area contributed by atoms with E-state index in [1.807, 2.05) is 0 Å². The minimum atomic E-state index is -4.52. The highest BCUT2D eigenvalue weighted by atomic mass is 32.2. The quantitative estimate of drug-likeness (QED) is 0.578. The molecule has 3 aromatic rings. The van der Waals surface area contributed by atoms with Crippen molar-refractivity contribution in [2.45, 2.75) is 30.5 Å². The smallest absolute Gasteiger partial charge is 0.395 e. The van der Waals surface area contributed by atoms with Crippen molar-refractivity contribution in [3.8, 4) is 11.1 Å². The zero-order chi connectivity index (χ0) is 20.5. The number of nitrogens with zero attached hydrogens (tertiary/aromatic N) is 1. The highest BCUT2D eigenvalue weighted by Crippen LogP contribution is 2.34. The van der Waals surface area contributed by atoms with E-state index in [1.54, 1.807) is 13.0 Å². The molecule has 0 amide bonds. The Kier molecular flexibility index (Phi) is 5.46. The number of nitrogens with one attached hydrogen (secondary N) is 2. The average Bonchev–Trinajstić information content (AvgIpc) is 3.11. The summed E-state index contributed by atoms with van der Waals surface area (Å²) in [5.74, 6) is 0. The number of H-pyrrole nitrogens is 1. The van der Waals surface area contributed by atoms with Crippen LogP contribution in [0.2, 0.25) is 0 Å². The van der Waals surface area contributed by atoms with Gasteiger partial charge in [0.1, 0.15) is 11.3 Å². The van der Waals surface area contributed by atoms with Crippen LogP contribution in [0, 0.1) is 0 Å². The number of aromatic amines is 1. The molecule has 10 heteroatoms. The first-order valence-corrected chi connectivity index (χ1v) is 9.92. The predicted molar refractivity (Wildman–Crippen MR) is 98.0 cm³/mol. The van der Waals surface area contributed by atoms with Crippen LogP contribution in [0.15, 0.2) is 47.5 Å². The standard InChI is InChI=1S/C18H18F3N3O3S/c1-2-12(10-25)24-28(26,27)13-5-3-11(4-6-13)14-7-8-22-17-15(14)9-16(23-17)18(19,20)21/h3-9,12,24-25H,2,10H2,1H3,(H,22,23). The molecule has 0 fully saturated rings. The first-order valence-electron chi connectivity index (χ1n) is 8.44. The lowest BCUT2D eigenvalue weighted by atomic mass is 10.0. The number of hydrogen-bond acceptors (Lipinski definition) is 4. The monoisotopic (exact) mass is 413 g/mol. The van der Waals surface area contributed by atoms with E-state index in [4.69, 9.17) is 0 Å². The lowest BCUT2D eigenvalue weighted by molar-refractivity contribution is -0.140. The molecule has 0 aliphatic rings. The summed E-state index contributed by atoms with van der Waals surface area (Å²) in [6.45, 7) is 1.42. The number of aliphatic hydroxyl groups excluding tert-OH is 1. The molecule has 150 valence electrons. The van der Waals surface area contributed by atoms with Gasteiger partial charge in [0, 0.05) is 17.6 Å². The molecule has 0 aliphatic heterocycles. The normalized spacial score (nSPS) is 13.8. The maximum Gasteiger partial charge on any atom is 0.431 e. The summed E-state index contributed by atoms with van der Waals surface area (Å²) >= 11 is 0. The van der Waals surface area contributed by atoms with Crippen molar-refractivity contribution >= 4 is 21.1 Å². The molecule has 3 rings (SSSR count). The number of alkyl halides is 3. The minimum Gasteiger partial charge on any atom is -0.395 e. The van der Waals surface area contributed by atoms with Crippen LogP contribution in [0.5, 0.6) is 0 Å². The molecule has 1 aromatic carbocycles. The fourth-order valence-electron chi connectivity index (χ4n) is 2.78. The third kappa shape index (κ3) is 4.03. The number of benzene rings is 1. The summed E-state index contributed by atoms with van der Waals surface area (Å²) in [5.41, 5.74) is 0.237. The fourth-order valence-corrected chi connectivity index (χ4v) is 4.09. The van der Waals surface area contributed by atoms with E-state index in [-0.39, 0.29) is 22.5 Å². The number of halogens is 3. The van der Waals surface area contributed by atoms with Crippen molar-refractivity contribution in [3.05, 3.63) is 48.3 Å². The topological polar surface area (TPSA) is 95.1 Å². The Morgan fingerprint density at radius 2 is 1.89 bits per heavy atom. The van der Waals surface area contributed by atoms with E-state index in [0.29, 0.717) is 17.5 Å². The number of hydrogen-bond donors (Lipinski definition) is 3. The molecule has 0 radical (unpaired) electrons. The van der Waals surface area contributed by atoms with E-state index in [2.05, 4.69) is 14.7 Å². The van der Waals surface area contributed by atoms with Crippen LogP contribution in [0.1, 0.15) is 19.0 Å². The molecule has 2 aromatic heterocycles. The second kappa shape index (κ2) is 7.53. The zero-order valence-electron chi connectivity index (χ0n) is 14.8. The minimum absolute atomic E-state index is 0.00139. The Bertz CT molecular complexity index is 1070. The van der Waals surface area contributed by atoms with Crippen LogP contribution in [0.4, 0.5) is 13.2 Å². The van der Waals surface area contributed by atoms with Crippen molar-refractivity contribution in [1.82, 2.24) is 14.7 Å². The van der Waals surface area contributed by atoms with Crippen molar-refractivity contribution in [1.29, 1.82) is 0 Å². The third-order valence-electron chi connectivity index (χ3n) is 4.35. The van der Waals surface area contributed by atoms with Gasteiger partial charge in [0.05, 0.1) is 11.5 Å². The van der Waals surface area contributed by atoms with Crippen molar-refractivity contribution in [2.24, 2.45) is 0 Å². The molecule has 0 saturated heterocycles. The van der Waals surface area contributed by atoms with Gasteiger partial charge in [-0.2, -0.15) is 13.2 Å². The van der Waals surface area contributed by atoms with Gasteiger partial charge < -0.3 is 10.1 Å². The zero-order valence-corrected chi connectivity index (χ0v) is 15.6. The second-order valence-electron chi connectivity index (χ2n) is 6.23. The highest BCUT2D eigenvalue weighted by molar-refractivity contribution is 7.89. The average molecular weight is 413 g/mol. The number of aromatic nitrogens is 2. The van der Waals surface area contributed by atoms with Gasteiger partial charge in [0.15, 0.2) is 0 Å². The number of sulfonamides is 1. The summed E-state index contributed by atoms with van der Waals surface area (Å²) in [7, 11) is -3.82. The van der Waals surface area contributed by atoms with Crippen LogP contribution >= 0.6 is 0 Å². The highest BCUT2D eigenvalue weighted by Gasteiger charge is 2.33. The Morgan fingerprint density at radius 1 is 1.21 bits per heavy atom. The molecular weight excluding hydrogens is 395 g/mol. The second-order valence-corrected chi connectivity index (χ2v) is 7.95. The maximum atomic E-state index is 13.0. The van der Waals surface area contributed by atoms with E-state index in [1.165, 1.54) is 30.5 Å². The SMILES string of the molecule is CCC(CO)NS(=O)(=O)c1ccc(-c2ccnc3[nH]c(C(F)(F)F)cc23)cc1. The van der Waals surface area contributed by atoms with Crippen LogP contribution in [0.3, 0.4) is 0 Å². The molecule has 6 nitrogen and oxygen atoms in total. The van der Waals surface area contributed by atoms with Crippen molar-refractivity contribution < 1.29 is 26.7 Å². The number of fused-ring (bicyclic) bond motifs is 1. The molecule has 0 bridgehead atoms. The van der Waals surface area contributed by atoms with Crippen molar-refractivity contribution in [3.63, 3.8) is 0 Å². The first-order chi connectivity index (χ1) is 13.2. The Balaban J connectivity index is 1.97. The van der Waals surface area contributed by atoms with Crippen LogP contribution < -0.4 is 4.72 Å². The molecule has 0 spiro atoms. The van der Waals surface area contributed by atoms with E-state index >= 15 is 0 Å². The number of rotatable bonds is 6. The molecule has 1 unspecified atom stereocenters. The van der Waals surface area contributed by atoms with Gasteiger partial charge in [-0.3, -0.25) is 0 Å². The summed E-state index contributed by atoms with van der Waals surface area (Å²) in [6.07, 6.45) is -2.71. The predicted octanol–water partition coefficient (Wildman–Crippen LogP) is 3.30. The Morgan fingerprint density at radius 3 is 2.46 bits per heavy atom. The maximum absolute atomic E-state index is 13.0. The molecule has 3 N–H and O–H groups in total. The molecule has 2 heterocycles. The van der Waals surface area contributed by atoms with Gasteiger partial charge in [0.25, 0.3) is 0 Å². The molecular formula is C18H18F3N3O3S. The summed E-state index contributed by atoms with van der Waals surface area (Å²) < 4.78 is 66.0. The third-order valence-corrected chi connectivity index (χ3v) is 5.88. The van der Waals surface area contributed by atoms with Gasteiger partial charge >= 0.3 is 6.18 Å². The van der Waals surface area contributed by atoms with Crippen molar-refractivity contribution in [2.75, 3.05) is 6.61 Å². The Labute approximate surface area is 159 Å². The fraction of sp³-hybridized carbons (Fsp3) is 0.278. The first kappa shape index (κ1) is 20.3. The van der Waals surface area contributed by atoms with E-state index < -0.39 is 27.9 Å². The van der Waals surface area contributed by atoms with Gasteiger partial charge in [0.2, 0.25) is 10.0 Å². The number of pyridine rings is 1. The van der Waals surface area contributed by atoms with E-state index in [9.17, 15) is 26.7 Å². The van der Waals surface area contributed by atoms with Crippen LogP contribution in [-0.2, 0) is 16.2 Å². The summed E-state index contributed by atoms with van der Waals surface area (Å²) in [6, 6.07) is 7.72. The Hall–Kier alpha value is -2.43. The lowest BCUT2D eigenvalue weighted by Crippen LogP contribution is -2.36. The molecule has 0 aliphatic carbocycles. The largest absolute Gasteiger partial charge is 0.431 e. The van der Waals surface area contributed by atoms with Gasteiger partial charge in [-0.25, -0.2) is 18.1 Å². The number of aliphatic hydroxyl groups is 1. The van der Waals surface area contributed by atoms with E-state index in [0.717, 1.165) is 6.07 Å². The lowest BCUT2D eigenvalue weighted by Gasteiger charge is -2.14. The van der Waals surface area contributed by atoms with Gasteiger partial charge in [-0.15, -0.1) is 0 Å². The van der Waals surface area contributed by atoms with Gasteiger partial charge in [-0.1, -0.05) is 19.1 Å². The molecule has 0 saturated carbocycles. The van der Waals surface area contributed by atoms with Crippen LogP contribution in [0.25, 0.3) is 22.2 Å². The van der Waals surface area contributed by atoms with Gasteiger partial charge in [-0.05, 0) is 41.8 Å². The van der Waals surface area contributed by atoms with Crippen LogP contribution in [-0.4, -0.2) is 36.1 Å².